The molecule has 1 aliphatic heterocycles. The summed E-state index contributed by atoms with van der Waals surface area (Å²) in [6.07, 6.45) is 5.41. The van der Waals surface area contributed by atoms with Gasteiger partial charge in [-0.05, 0) is 19.4 Å². The van der Waals surface area contributed by atoms with Gasteiger partial charge in [-0.3, -0.25) is 0 Å². The number of rotatable bonds is 2. The fourth-order valence-corrected chi connectivity index (χ4v) is 1.96. The zero-order chi connectivity index (χ0) is 14.2. The Balaban J connectivity index is 1.76. The fourth-order valence-electron chi connectivity index (χ4n) is 1.96. The second kappa shape index (κ2) is 4.84. The lowest BCUT2D eigenvalue weighted by molar-refractivity contribution is -0.225. The van der Waals surface area contributed by atoms with E-state index in [4.69, 9.17) is 15.2 Å². The first-order chi connectivity index (χ1) is 9.53. The van der Waals surface area contributed by atoms with E-state index in [1.165, 1.54) is 0 Å². The van der Waals surface area contributed by atoms with Crippen LogP contribution in [0.3, 0.4) is 0 Å². The third-order valence-corrected chi connectivity index (χ3v) is 3.16. The number of aromatic nitrogens is 4. The number of nitrogen functional groups attached to an aromatic ring is 1. The molecule has 0 unspecified atom stereocenters. The van der Waals surface area contributed by atoms with Crippen molar-refractivity contribution in [2.75, 3.05) is 18.9 Å². The van der Waals surface area contributed by atoms with Crippen LogP contribution in [0.2, 0.25) is 0 Å². The first kappa shape index (κ1) is 13.0. The molecule has 0 spiro atoms. The molecule has 2 aromatic rings. The molecule has 20 heavy (non-hydrogen) atoms. The monoisotopic (exact) mass is 275 g/mol. The summed E-state index contributed by atoms with van der Waals surface area (Å²) in [5.41, 5.74) is 8.17. The van der Waals surface area contributed by atoms with Crippen LogP contribution >= 0.6 is 0 Å². The minimum Gasteiger partial charge on any atom is -0.368 e. The number of nitrogens with two attached hydrogens (primary N) is 1. The van der Waals surface area contributed by atoms with Gasteiger partial charge in [-0.15, -0.1) is 0 Å². The molecular weight excluding hydrogens is 258 g/mol. The molecule has 7 nitrogen and oxygen atoms in total. The van der Waals surface area contributed by atoms with Gasteiger partial charge in [-0.25, -0.2) is 9.97 Å². The standard InChI is InChI=1S/C13H17N5O2/c1-13(2)19-6-9(7-20-13)3-4-18-8-16-10-5-15-12(14)17-11(10)18/h3,5,8H,4,6-7H2,1-2H3,(H2,14,15,17). The predicted octanol–water partition coefficient (Wildman–Crippen LogP) is 1.12. The van der Waals surface area contributed by atoms with Crippen LogP contribution in [0, 0.1) is 0 Å². The largest absolute Gasteiger partial charge is 0.368 e. The lowest BCUT2D eigenvalue weighted by Crippen LogP contribution is -2.35. The first-order valence-corrected chi connectivity index (χ1v) is 6.43. The van der Waals surface area contributed by atoms with Gasteiger partial charge < -0.3 is 19.8 Å². The summed E-state index contributed by atoms with van der Waals surface area (Å²) in [5.74, 6) is -0.251. The molecule has 3 rings (SSSR count). The van der Waals surface area contributed by atoms with Crippen LogP contribution < -0.4 is 5.73 Å². The van der Waals surface area contributed by atoms with Crippen LogP contribution in [0.15, 0.2) is 24.2 Å². The lowest BCUT2D eigenvalue weighted by atomic mass is 10.2. The number of hydrogen-bond acceptors (Lipinski definition) is 6. The molecule has 0 saturated carbocycles. The number of anilines is 1. The fraction of sp³-hybridized carbons (Fsp3) is 0.462. The zero-order valence-electron chi connectivity index (χ0n) is 11.5. The lowest BCUT2D eigenvalue weighted by Gasteiger charge is -2.31. The Morgan fingerprint density at radius 1 is 1.35 bits per heavy atom. The number of fused-ring (bicyclic) bond motifs is 1. The molecule has 106 valence electrons. The normalized spacial score (nSPS) is 18.4. The molecular formula is C13H17N5O2. The van der Waals surface area contributed by atoms with Crippen LogP contribution in [0.5, 0.6) is 0 Å². The van der Waals surface area contributed by atoms with E-state index in [1.807, 2.05) is 18.4 Å². The number of ether oxygens (including phenoxy) is 2. The van der Waals surface area contributed by atoms with Crippen molar-refractivity contribution >= 4 is 17.1 Å². The summed E-state index contributed by atoms with van der Waals surface area (Å²) in [6, 6.07) is 0. The van der Waals surface area contributed by atoms with Crippen molar-refractivity contribution in [1.29, 1.82) is 0 Å². The van der Waals surface area contributed by atoms with Crippen molar-refractivity contribution in [2.45, 2.75) is 26.2 Å². The van der Waals surface area contributed by atoms with Crippen LogP contribution in [0.4, 0.5) is 5.95 Å². The van der Waals surface area contributed by atoms with E-state index in [9.17, 15) is 0 Å². The minimum absolute atomic E-state index is 0.248. The van der Waals surface area contributed by atoms with Gasteiger partial charge in [0.05, 0.1) is 25.7 Å². The summed E-state index contributed by atoms with van der Waals surface area (Å²) < 4.78 is 13.1. The highest BCUT2D eigenvalue weighted by Gasteiger charge is 2.24. The number of hydrogen-bond donors (Lipinski definition) is 1. The first-order valence-electron chi connectivity index (χ1n) is 6.43. The molecule has 0 aromatic carbocycles. The molecule has 0 bridgehead atoms. The van der Waals surface area contributed by atoms with Gasteiger partial charge in [0.1, 0.15) is 5.52 Å². The van der Waals surface area contributed by atoms with Crippen molar-refractivity contribution < 1.29 is 9.47 Å². The van der Waals surface area contributed by atoms with Gasteiger partial charge in [-0.2, -0.15) is 4.98 Å². The zero-order valence-corrected chi connectivity index (χ0v) is 11.5. The van der Waals surface area contributed by atoms with E-state index in [-0.39, 0.29) is 5.95 Å². The van der Waals surface area contributed by atoms with Gasteiger partial charge in [0, 0.05) is 6.54 Å². The molecule has 7 heteroatoms. The Hall–Kier alpha value is -1.99. The van der Waals surface area contributed by atoms with Gasteiger partial charge in [0.25, 0.3) is 0 Å². The van der Waals surface area contributed by atoms with Crippen molar-refractivity contribution in [3.8, 4) is 0 Å². The molecule has 3 heterocycles. The number of nitrogens with zero attached hydrogens (tertiary/aromatic N) is 4. The highest BCUT2D eigenvalue weighted by molar-refractivity contribution is 5.70. The third-order valence-electron chi connectivity index (χ3n) is 3.16. The Bertz CT molecular complexity index is 650. The molecule has 0 aliphatic carbocycles. The van der Waals surface area contributed by atoms with E-state index in [0.29, 0.717) is 19.8 Å². The molecule has 1 saturated heterocycles. The Labute approximate surface area is 116 Å². The van der Waals surface area contributed by atoms with Crippen molar-refractivity contribution in [2.24, 2.45) is 0 Å². The Kier molecular flexibility index (Phi) is 3.15. The summed E-state index contributed by atoms with van der Waals surface area (Å²) in [7, 11) is 0. The molecule has 2 aromatic heterocycles. The van der Waals surface area contributed by atoms with Crippen LogP contribution in [0.25, 0.3) is 11.2 Å². The van der Waals surface area contributed by atoms with E-state index < -0.39 is 5.79 Å². The van der Waals surface area contributed by atoms with Gasteiger partial charge in [0.2, 0.25) is 5.95 Å². The number of imidazole rings is 1. The summed E-state index contributed by atoms with van der Waals surface area (Å²) in [4.78, 5) is 12.4. The predicted molar refractivity (Wildman–Crippen MR) is 73.8 cm³/mol. The summed E-state index contributed by atoms with van der Waals surface area (Å²) in [5, 5.41) is 0. The molecule has 0 atom stereocenters. The highest BCUT2D eigenvalue weighted by atomic mass is 16.7. The van der Waals surface area contributed by atoms with Crippen LogP contribution in [-0.4, -0.2) is 38.5 Å². The van der Waals surface area contributed by atoms with Gasteiger partial charge >= 0.3 is 0 Å². The van der Waals surface area contributed by atoms with Crippen molar-refractivity contribution in [3.05, 3.63) is 24.2 Å². The van der Waals surface area contributed by atoms with E-state index in [0.717, 1.165) is 16.7 Å². The Morgan fingerprint density at radius 3 is 2.85 bits per heavy atom. The van der Waals surface area contributed by atoms with Crippen LogP contribution in [0.1, 0.15) is 13.8 Å². The maximum atomic E-state index is 5.60. The summed E-state index contributed by atoms with van der Waals surface area (Å²) in [6.45, 7) is 5.63. The Morgan fingerprint density at radius 2 is 2.10 bits per heavy atom. The summed E-state index contributed by atoms with van der Waals surface area (Å²) >= 11 is 0. The van der Waals surface area contributed by atoms with E-state index in [1.54, 1.807) is 12.5 Å². The van der Waals surface area contributed by atoms with Crippen LogP contribution in [-0.2, 0) is 16.0 Å². The molecule has 1 aliphatic rings. The highest BCUT2D eigenvalue weighted by Crippen LogP contribution is 2.20. The maximum Gasteiger partial charge on any atom is 0.222 e. The topological polar surface area (TPSA) is 88.1 Å². The maximum absolute atomic E-state index is 5.60. The van der Waals surface area contributed by atoms with Gasteiger partial charge in [0.15, 0.2) is 11.4 Å². The number of allylic oxidation sites excluding steroid dienone is 1. The average molecular weight is 275 g/mol. The average Bonchev–Trinajstić information content (AvgIpc) is 2.80. The smallest absolute Gasteiger partial charge is 0.222 e. The molecule has 2 N–H and O–H groups in total. The SMILES string of the molecule is CC1(C)OCC(=CCn2cnc3cnc(N)nc32)CO1. The second-order valence-corrected chi connectivity index (χ2v) is 5.17. The molecule has 1 fully saturated rings. The van der Waals surface area contributed by atoms with Gasteiger partial charge in [-0.1, -0.05) is 6.08 Å². The molecule has 0 amide bonds. The van der Waals surface area contributed by atoms with E-state index in [2.05, 4.69) is 21.0 Å². The minimum atomic E-state index is -0.499. The second-order valence-electron chi connectivity index (χ2n) is 5.17. The third kappa shape index (κ3) is 2.63. The quantitative estimate of drug-likeness (QED) is 0.826. The van der Waals surface area contributed by atoms with Crippen molar-refractivity contribution in [3.63, 3.8) is 0 Å². The van der Waals surface area contributed by atoms with Crippen molar-refractivity contribution in [1.82, 2.24) is 19.5 Å². The van der Waals surface area contributed by atoms with E-state index >= 15 is 0 Å². The molecule has 0 radical (unpaired) electrons.